The Kier molecular flexibility index (Phi) is 10.7. The van der Waals surface area contributed by atoms with Crippen molar-refractivity contribution in [3.8, 4) is 0 Å². The van der Waals surface area contributed by atoms with Gasteiger partial charge in [0.2, 0.25) is 5.91 Å². The van der Waals surface area contributed by atoms with E-state index in [1.54, 1.807) is 0 Å². The molecule has 1 aliphatic rings. The molecule has 0 aliphatic carbocycles. The molecule has 20 heavy (non-hydrogen) atoms. The summed E-state index contributed by atoms with van der Waals surface area (Å²) in [6, 6.07) is 0. The van der Waals surface area contributed by atoms with Gasteiger partial charge in [0.05, 0.1) is 0 Å². The van der Waals surface area contributed by atoms with E-state index in [9.17, 15) is 4.79 Å². The predicted molar refractivity (Wildman–Crippen MR) is 85.7 cm³/mol. The normalized spacial score (nSPS) is 16.9. The smallest absolute Gasteiger partial charge is 0.223 e. The van der Waals surface area contributed by atoms with Crippen molar-refractivity contribution in [1.29, 1.82) is 0 Å². The van der Waals surface area contributed by atoms with E-state index in [1.165, 1.54) is 0 Å². The summed E-state index contributed by atoms with van der Waals surface area (Å²) in [5.41, 5.74) is 5.31. The molecule has 5 heteroatoms. The molecule has 0 aromatic carbocycles. The topological polar surface area (TPSA) is 79.2 Å². The molecule has 0 bridgehead atoms. The minimum Gasteiger partial charge on any atom is -0.351 e. The molecular weight excluding hydrogens is 252 g/mol. The monoisotopic (exact) mass is 286 g/mol. The largest absolute Gasteiger partial charge is 0.351 e. The van der Waals surface area contributed by atoms with Crippen LogP contribution in [0.3, 0.4) is 0 Å². The molecule has 1 rings (SSSR count). The van der Waals surface area contributed by atoms with E-state index in [0.29, 0.717) is 6.54 Å². The van der Waals surface area contributed by atoms with Crippen molar-refractivity contribution in [1.82, 2.24) is 16.0 Å². The molecule has 5 N–H and O–H groups in total. The van der Waals surface area contributed by atoms with E-state index in [-0.39, 0.29) is 17.4 Å². The molecule has 0 radical (unpaired) electrons. The SMILES string of the molecule is C1CNCCN1.CCC(C)(C)NC(=O)[C@@H](C)CCCN. The molecule has 1 aliphatic heterocycles. The van der Waals surface area contributed by atoms with E-state index in [2.05, 4.69) is 22.9 Å². The van der Waals surface area contributed by atoms with Crippen LogP contribution in [-0.4, -0.2) is 44.2 Å². The van der Waals surface area contributed by atoms with Crippen LogP contribution in [0.5, 0.6) is 0 Å². The van der Waals surface area contributed by atoms with E-state index < -0.39 is 0 Å². The van der Waals surface area contributed by atoms with Gasteiger partial charge in [0.15, 0.2) is 0 Å². The number of piperazine rings is 1. The first-order valence-corrected chi connectivity index (χ1v) is 7.86. The molecule has 1 atom stereocenters. The fourth-order valence-corrected chi connectivity index (χ4v) is 1.70. The number of rotatable bonds is 6. The molecule has 1 saturated heterocycles. The zero-order valence-corrected chi connectivity index (χ0v) is 13.7. The van der Waals surface area contributed by atoms with Crippen molar-refractivity contribution in [2.45, 2.75) is 52.5 Å². The van der Waals surface area contributed by atoms with Crippen LogP contribution in [0.4, 0.5) is 0 Å². The highest BCUT2D eigenvalue weighted by Crippen LogP contribution is 2.11. The number of nitrogens with two attached hydrogens (primary N) is 1. The van der Waals surface area contributed by atoms with Gasteiger partial charge in [0, 0.05) is 37.6 Å². The van der Waals surface area contributed by atoms with Crippen LogP contribution in [0.15, 0.2) is 0 Å². The van der Waals surface area contributed by atoms with Gasteiger partial charge in [0.25, 0.3) is 0 Å². The van der Waals surface area contributed by atoms with E-state index in [4.69, 9.17) is 5.73 Å². The summed E-state index contributed by atoms with van der Waals surface area (Å²) < 4.78 is 0. The van der Waals surface area contributed by atoms with Gasteiger partial charge in [-0.2, -0.15) is 0 Å². The Balaban J connectivity index is 0.000000493. The van der Waals surface area contributed by atoms with E-state index >= 15 is 0 Å². The lowest BCUT2D eigenvalue weighted by Crippen LogP contribution is -2.45. The lowest BCUT2D eigenvalue weighted by molar-refractivity contribution is -0.126. The molecule has 0 aromatic rings. The molecular formula is C15H34N4O. The van der Waals surface area contributed by atoms with Gasteiger partial charge in [-0.05, 0) is 39.7 Å². The lowest BCUT2D eigenvalue weighted by atomic mass is 9.98. The number of hydrogen-bond donors (Lipinski definition) is 4. The van der Waals surface area contributed by atoms with Crippen molar-refractivity contribution in [2.24, 2.45) is 11.7 Å². The first-order chi connectivity index (χ1) is 9.43. The highest BCUT2D eigenvalue weighted by Gasteiger charge is 2.21. The first-order valence-electron chi connectivity index (χ1n) is 7.86. The minimum atomic E-state index is -0.0892. The Labute approximate surface area is 124 Å². The highest BCUT2D eigenvalue weighted by molar-refractivity contribution is 5.78. The zero-order chi connectivity index (χ0) is 15.4. The number of carbonyl (C=O) groups excluding carboxylic acids is 1. The fraction of sp³-hybridized carbons (Fsp3) is 0.933. The maximum Gasteiger partial charge on any atom is 0.223 e. The van der Waals surface area contributed by atoms with Crippen molar-refractivity contribution in [3.05, 3.63) is 0 Å². The Morgan fingerprint density at radius 3 is 2.10 bits per heavy atom. The van der Waals surface area contributed by atoms with Crippen molar-refractivity contribution < 1.29 is 4.79 Å². The van der Waals surface area contributed by atoms with Crippen LogP contribution in [0, 0.1) is 5.92 Å². The Morgan fingerprint density at radius 2 is 1.75 bits per heavy atom. The van der Waals surface area contributed by atoms with Gasteiger partial charge in [-0.15, -0.1) is 0 Å². The van der Waals surface area contributed by atoms with Crippen LogP contribution in [0.1, 0.15) is 47.0 Å². The fourth-order valence-electron chi connectivity index (χ4n) is 1.70. The molecule has 1 amide bonds. The van der Waals surface area contributed by atoms with Gasteiger partial charge in [-0.25, -0.2) is 0 Å². The second-order valence-electron chi connectivity index (χ2n) is 6.06. The summed E-state index contributed by atoms with van der Waals surface area (Å²) >= 11 is 0. The minimum absolute atomic E-state index is 0.0735. The Morgan fingerprint density at radius 1 is 1.25 bits per heavy atom. The molecule has 0 unspecified atom stereocenters. The average Bonchev–Trinajstić information content (AvgIpc) is 2.46. The summed E-state index contributed by atoms with van der Waals surface area (Å²) in [4.78, 5) is 11.7. The Bertz CT molecular complexity index is 241. The second-order valence-corrected chi connectivity index (χ2v) is 6.06. The summed E-state index contributed by atoms with van der Waals surface area (Å²) in [6.45, 7) is 13.3. The first kappa shape index (κ1) is 19.4. The predicted octanol–water partition coefficient (Wildman–Crippen LogP) is 0.845. The van der Waals surface area contributed by atoms with Crippen LogP contribution in [-0.2, 0) is 4.79 Å². The average molecular weight is 286 g/mol. The number of amides is 1. The van der Waals surface area contributed by atoms with Crippen molar-refractivity contribution in [3.63, 3.8) is 0 Å². The summed E-state index contributed by atoms with van der Waals surface area (Å²) in [7, 11) is 0. The standard InChI is InChI=1S/C11H24N2O.C4H10N2/c1-5-11(3,4)13-10(14)9(2)7-6-8-12;1-2-6-4-3-5-1/h9H,5-8,12H2,1-4H3,(H,13,14);5-6H,1-4H2/t9-;/m0./s1. The number of nitrogens with one attached hydrogen (secondary N) is 3. The molecule has 1 fully saturated rings. The Hall–Kier alpha value is -0.650. The summed E-state index contributed by atoms with van der Waals surface area (Å²) in [5, 5.41) is 9.48. The van der Waals surface area contributed by atoms with Crippen LogP contribution in [0.25, 0.3) is 0 Å². The maximum absolute atomic E-state index is 11.7. The molecule has 5 nitrogen and oxygen atoms in total. The second kappa shape index (κ2) is 11.1. The van der Waals surface area contributed by atoms with Gasteiger partial charge >= 0.3 is 0 Å². The van der Waals surface area contributed by atoms with Gasteiger partial charge < -0.3 is 21.7 Å². The van der Waals surface area contributed by atoms with Gasteiger partial charge in [0.1, 0.15) is 0 Å². The quantitative estimate of drug-likeness (QED) is 0.583. The highest BCUT2D eigenvalue weighted by atomic mass is 16.2. The van der Waals surface area contributed by atoms with Gasteiger partial charge in [-0.3, -0.25) is 4.79 Å². The third kappa shape index (κ3) is 10.2. The summed E-state index contributed by atoms with van der Waals surface area (Å²) in [6.07, 6.45) is 2.74. The molecule has 0 saturated carbocycles. The molecule has 1 heterocycles. The van der Waals surface area contributed by atoms with Crippen molar-refractivity contribution in [2.75, 3.05) is 32.7 Å². The maximum atomic E-state index is 11.7. The van der Waals surface area contributed by atoms with E-state index in [0.717, 1.165) is 45.4 Å². The van der Waals surface area contributed by atoms with Gasteiger partial charge in [-0.1, -0.05) is 13.8 Å². The van der Waals surface area contributed by atoms with Crippen LogP contribution >= 0.6 is 0 Å². The van der Waals surface area contributed by atoms with Crippen LogP contribution in [0.2, 0.25) is 0 Å². The lowest BCUT2D eigenvalue weighted by Gasteiger charge is -2.26. The van der Waals surface area contributed by atoms with Crippen molar-refractivity contribution >= 4 is 5.91 Å². The molecule has 0 aromatic heterocycles. The zero-order valence-electron chi connectivity index (χ0n) is 13.7. The number of hydrogen-bond acceptors (Lipinski definition) is 4. The third-order valence-electron chi connectivity index (χ3n) is 3.59. The number of carbonyl (C=O) groups is 1. The summed E-state index contributed by atoms with van der Waals surface area (Å²) in [5.74, 6) is 0.217. The van der Waals surface area contributed by atoms with E-state index in [1.807, 2.05) is 20.8 Å². The third-order valence-corrected chi connectivity index (χ3v) is 3.59. The van der Waals surface area contributed by atoms with Crippen LogP contribution < -0.4 is 21.7 Å². The molecule has 0 spiro atoms. The molecule has 120 valence electrons.